The summed E-state index contributed by atoms with van der Waals surface area (Å²) in [5.41, 5.74) is 1.65. The molecule has 0 bridgehead atoms. The highest BCUT2D eigenvalue weighted by Gasteiger charge is 2.61. The first-order valence-corrected chi connectivity index (χ1v) is 9.09. The van der Waals surface area contributed by atoms with Crippen LogP contribution in [0.2, 0.25) is 5.02 Å². The molecule has 2 aromatic rings. The predicted octanol–water partition coefficient (Wildman–Crippen LogP) is 2.26. The zero-order chi connectivity index (χ0) is 20.2. The van der Waals surface area contributed by atoms with E-state index in [0.29, 0.717) is 10.7 Å². The number of hydrogen-bond acceptors (Lipinski definition) is 5. The summed E-state index contributed by atoms with van der Waals surface area (Å²) in [5, 5.41) is 23.0. The van der Waals surface area contributed by atoms with Gasteiger partial charge in [0.05, 0.1) is 17.5 Å². The number of rotatable bonds is 3. The van der Waals surface area contributed by atoms with E-state index in [2.05, 4.69) is 5.32 Å². The SMILES string of the molecule is Cc1ccc(N2C(=O)[C@H]3[C@H](C2=O)[C@H](C(=O)O)N[C@@H]3c2cc(Cl)ccc2O)cc1. The molecule has 4 atom stereocenters. The van der Waals surface area contributed by atoms with Crippen LogP contribution in [0.4, 0.5) is 5.69 Å². The number of carbonyl (C=O) groups excluding carboxylic acids is 2. The van der Waals surface area contributed by atoms with Crippen LogP contribution in [0.1, 0.15) is 17.2 Å². The second-order valence-corrected chi connectivity index (χ2v) is 7.50. The van der Waals surface area contributed by atoms with Crippen molar-refractivity contribution >= 4 is 35.1 Å². The summed E-state index contributed by atoms with van der Waals surface area (Å²) >= 11 is 6.02. The average molecular weight is 401 g/mol. The lowest BCUT2D eigenvalue weighted by Gasteiger charge is -2.22. The van der Waals surface area contributed by atoms with E-state index in [1.807, 2.05) is 6.92 Å². The van der Waals surface area contributed by atoms with Crippen LogP contribution < -0.4 is 10.2 Å². The molecule has 0 saturated carbocycles. The van der Waals surface area contributed by atoms with E-state index in [0.717, 1.165) is 10.5 Å². The minimum Gasteiger partial charge on any atom is -0.508 e. The lowest BCUT2D eigenvalue weighted by molar-refractivity contribution is -0.142. The Morgan fingerprint density at radius 1 is 1.07 bits per heavy atom. The Balaban J connectivity index is 1.80. The van der Waals surface area contributed by atoms with E-state index < -0.39 is 41.7 Å². The van der Waals surface area contributed by atoms with E-state index in [1.165, 1.54) is 18.2 Å². The van der Waals surface area contributed by atoms with Crippen molar-refractivity contribution in [2.75, 3.05) is 4.90 Å². The molecular weight excluding hydrogens is 384 g/mol. The molecule has 28 heavy (non-hydrogen) atoms. The van der Waals surface area contributed by atoms with Gasteiger partial charge in [-0.05, 0) is 37.3 Å². The maximum atomic E-state index is 13.2. The topological polar surface area (TPSA) is 107 Å². The summed E-state index contributed by atoms with van der Waals surface area (Å²) in [5.74, 6) is -4.46. The Kier molecular flexibility index (Phi) is 4.36. The Hall–Kier alpha value is -2.90. The molecule has 144 valence electrons. The van der Waals surface area contributed by atoms with Crippen molar-refractivity contribution in [2.24, 2.45) is 11.8 Å². The minimum absolute atomic E-state index is 0.124. The van der Waals surface area contributed by atoms with Crippen molar-refractivity contribution < 1.29 is 24.6 Å². The van der Waals surface area contributed by atoms with Gasteiger partial charge in [0.15, 0.2) is 0 Å². The number of nitrogens with one attached hydrogen (secondary N) is 1. The number of carbonyl (C=O) groups is 3. The van der Waals surface area contributed by atoms with Crippen molar-refractivity contribution in [2.45, 2.75) is 19.0 Å². The molecule has 2 amide bonds. The fourth-order valence-corrected chi connectivity index (χ4v) is 4.23. The van der Waals surface area contributed by atoms with Gasteiger partial charge in [-0.15, -0.1) is 0 Å². The molecule has 7 nitrogen and oxygen atoms in total. The van der Waals surface area contributed by atoms with E-state index in [4.69, 9.17) is 11.6 Å². The number of aliphatic carboxylic acids is 1. The van der Waals surface area contributed by atoms with Crippen LogP contribution in [0.15, 0.2) is 42.5 Å². The van der Waals surface area contributed by atoms with Crippen LogP contribution in [0, 0.1) is 18.8 Å². The van der Waals surface area contributed by atoms with E-state index in [-0.39, 0.29) is 11.3 Å². The number of benzene rings is 2. The Labute approximate surface area is 165 Å². The smallest absolute Gasteiger partial charge is 0.321 e. The number of aryl methyl sites for hydroxylation is 1. The number of aromatic hydroxyl groups is 1. The molecule has 2 heterocycles. The number of fused-ring (bicyclic) bond motifs is 1. The molecule has 0 radical (unpaired) electrons. The number of hydrogen-bond donors (Lipinski definition) is 3. The number of carboxylic acid groups (broad SMARTS) is 1. The van der Waals surface area contributed by atoms with Gasteiger partial charge in [0.1, 0.15) is 11.8 Å². The van der Waals surface area contributed by atoms with Crippen molar-refractivity contribution in [3.8, 4) is 5.75 Å². The molecule has 0 aliphatic carbocycles. The number of halogens is 1. The molecule has 4 rings (SSSR count). The Morgan fingerprint density at radius 3 is 2.36 bits per heavy atom. The number of phenols is 1. The molecule has 2 aromatic carbocycles. The minimum atomic E-state index is -1.25. The van der Waals surface area contributed by atoms with Gasteiger partial charge in [-0.25, -0.2) is 4.90 Å². The fraction of sp³-hybridized carbons (Fsp3) is 0.250. The van der Waals surface area contributed by atoms with Gasteiger partial charge in [-0.3, -0.25) is 19.7 Å². The highest BCUT2D eigenvalue weighted by Crippen LogP contribution is 2.47. The number of imide groups is 1. The van der Waals surface area contributed by atoms with E-state index in [9.17, 15) is 24.6 Å². The van der Waals surface area contributed by atoms with Gasteiger partial charge in [-0.2, -0.15) is 0 Å². The highest BCUT2D eigenvalue weighted by atomic mass is 35.5. The molecule has 2 fully saturated rings. The summed E-state index contributed by atoms with van der Waals surface area (Å²) in [6, 6.07) is 9.10. The molecule has 2 aliphatic rings. The van der Waals surface area contributed by atoms with Gasteiger partial charge in [-0.1, -0.05) is 29.3 Å². The molecule has 2 saturated heterocycles. The average Bonchev–Trinajstić information content (AvgIpc) is 3.16. The first-order chi connectivity index (χ1) is 13.3. The molecule has 0 spiro atoms. The quantitative estimate of drug-likeness (QED) is 0.682. The van der Waals surface area contributed by atoms with Crippen molar-refractivity contribution in [3.05, 3.63) is 58.6 Å². The summed E-state index contributed by atoms with van der Waals surface area (Å²) in [4.78, 5) is 39.0. The van der Waals surface area contributed by atoms with Gasteiger partial charge >= 0.3 is 5.97 Å². The van der Waals surface area contributed by atoms with Crippen molar-refractivity contribution in [3.63, 3.8) is 0 Å². The van der Waals surface area contributed by atoms with Crippen molar-refractivity contribution in [1.29, 1.82) is 0 Å². The number of carboxylic acids is 1. The molecule has 0 unspecified atom stereocenters. The van der Waals surface area contributed by atoms with E-state index >= 15 is 0 Å². The third-order valence-corrected chi connectivity index (χ3v) is 5.59. The van der Waals surface area contributed by atoms with Gasteiger partial charge < -0.3 is 10.2 Å². The van der Waals surface area contributed by atoms with Crippen LogP contribution in [-0.2, 0) is 14.4 Å². The fourth-order valence-electron chi connectivity index (χ4n) is 4.05. The number of amides is 2. The molecule has 3 N–H and O–H groups in total. The Morgan fingerprint density at radius 2 is 1.71 bits per heavy atom. The second-order valence-electron chi connectivity index (χ2n) is 7.06. The van der Waals surface area contributed by atoms with Gasteiger partial charge in [0.25, 0.3) is 0 Å². The summed E-state index contributed by atoms with van der Waals surface area (Å²) in [6.07, 6.45) is 0. The Bertz CT molecular complexity index is 991. The zero-order valence-electron chi connectivity index (χ0n) is 14.8. The lowest BCUT2D eigenvalue weighted by atomic mass is 9.86. The van der Waals surface area contributed by atoms with Crippen LogP contribution >= 0.6 is 11.6 Å². The second kappa shape index (κ2) is 6.61. The summed E-state index contributed by atoms with van der Waals surface area (Å²) < 4.78 is 0. The van der Waals surface area contributed by atoms with Gasteiger partial charge in [0, 0.05) is 16.6 Å². The standard InChI is InChI=1S/C20H17ClN2O5/c1-9-2-5-11(6-3-9)23-18(25)14-15(19(23)26)17(20(27)28)22-16(14)12-8-10(21)4-7-13(12)24/h2-8,14-17,22,24H,1H3,(H,27,28)/t14-,15-,16+,17+/m0/s1. The highest BCUT2D eigenvalue weighted by molar-refractivity contribution is 6.30. The number of anilines is 1. The van der Waals surface area contributed by atoms with Crippen LogP contribution in [-0.4, -0.2) is 34.0 Å². The number of nitrogens with zero attached hydrogens (tertiary/aromatic N) is 1. The lowest BCUT2D eigenvalue weighted by Crippen LogP contribution is -2.43. The molecular formula is C20H17ClN2O5. The molecule has 8 heteroatoms. The van der Waals surface area contributed by atoms with Crippen LogP contribution in [0.3, 0.4) is 0 Å². The largest absolute Gasteiger partial charge is 0.508 e. The molecule has 0 aromatic heterocycles. The number of phenolic OH excluding ortho intramolecular Hbond substituents is 1. The maximum Gasteiger partial charge on any atom is 0.321 e. The zero-order valence-corrected chi connectivity index (χ0v) is 15.6. The first kappa shape index (κ1) is 18.5. The maximum absolute atomic E-state index is 13.2. The van der Waals surface area contributed by atoms with Crippen LogP contribution in [0.5, 0.6) is 5.75 Å². The van der Waals surface area contributed by atoms with Crippen LogP contribution in [0.25, 0.3) is 0 Å². The van der Waals surface area contributed by atoms with Gasteiger partial charge in [0.2, 0.25) is 11.8 Å². The third-order valence-electron chi connectivity index (χ3n) is 5.36. The van der Waals surface area contributed by atoms with E-state index in [1.54, 1.807) is 24.3 Å². The molecule has 2 aliphatic heterocycles. The normalized spacial score (nSPS) is 26.6. The monoisotopic (exact) mass is 400 g/mol. The predicted molar refractivity (Wildman–Crippen MR) is 101 cm³/mol. The first-order valence-electron chi connectivity index (χ1n) is 8.71. The van der Waals surface area contributed by atoms with Crippen molar-refractivity contribution in [1.82, 2.24) is 5.32 Å². The summed E-state index contributed by atoms with van der Waals surface area (Å²) in [6.45, 7) is 1.88. The third kappa shape index (κ3) is 2.75. The summed E-state index contributed by atoms with van der Waals surface area (Å²) in [7, 11) is 0.